The zero-order valence-corrected chi connectivity index (χ0v) is 16.1. The van der Waals surface area contributed by atoms with Gasteiger partial charge >= 0.3 is 0 Å². The van der Waals surface area contributed by atoms with Crippen LogP contribution in [0.4, 0.5) is 0 Å². The van der Waals surface area contributed by atoms with Crippen LogP contribution >= 0.6 is 0 Å². The predicted molar refractivity (Wildman–Crippen MR) is 115 cm³/mol. The molecule has 0 fully saturated rings. The highest BCUT2D eigenvalue weighted by Gasteiger charge is 2.08. The molecule has 3 aromatic rings. The lowest BCUT2D eigenvalue weighted by Crippen LogP contribution is -1.90. The number of allylic oxidation sites excluding steroid dienone is 5. The number of hydrogen-bond acceptors (Lipinski definition) is 2. The van der Waals surface area contributed by atoms with Crippen LogP contribution in [0.2, 0.25) is 0 Å². The molecule has 2 heterocycles. The molecule has 0 aliphatic carbocycles. The average molecular weight is 352 g/mol. The molecular weight excluding hydrogens is 328 g/mol. The van der Waals surface area contributed by atoms with Gasteiger partial charge in [0.25, 0.3) is 0 Å². The average Bonchev–Trinajstić information content (AvgIpc) is 2.68. The molecule has 0 saturated carbocycles. The third-order valence-corrected chi connectivity index (χ3v) is 4.10. The Kier molecular flexibility index (Phi) is 5.77. The summed E-state index contributed by atoms with van der Waals surface area (Å²) in [5.41, 5.74) is 9.03. The summed E-state index contributed by atoms with van der Waals surface area (Å²) in [6.07, 6.45) is 11.7. The van der Waals surface area contributed by atoms with Crippen molar-refractivity contribution in [3.8, 4) is 22.3 Å². The first-order valence-corrected chi connectivity index (χ1v) is 9.01. The molecule has 2 aromatic heterocycles. The second-order valence-electron chi connectivity index (χ2n) is 6.95. The van der Waals surface area contributed by atoms with Gasteiger partial charge in [0.2, 0.25) is 0 Å². The summed E-state index contributed by atoms with van der Waals surface area (Å²) in [6, 6.07) is 14.7. The Balaban J connectivity index is 2.24. The van der Waals surface area contributed by atoms with Gasteiger partial charge < -0.3 is 0 Å². The van der Waals surface area contributed by atoms with Gasteiger partial charge in [-0.2, -0.15) is 0 Å². The van der Waals surface area contributed by atoms with Crippen molar-refractivity contribution in [3.05, 3.63) is 103 Å². The molecule has 3 rings (SSSR count). The number of aromatic nitrogens is 2. The fraction of sp³-hybridized carbons (Fsp3) is 0.120. The zero-order valence-electron chi connectivity index (χ0n) is 16.1. The van der Waals surface area contributed by atoms with E-state index in [9.17, 15) is 0 Å². The fourth-order valence-corrected chi connectivity index (χ4v) is 2.98. The molecule has 2 nitrogen and oxygen atoms in total. The van der Waals surface area contributed by atoms with Gasteiger partial charge in [-0.3, -0.25) is 9.97 Å². The highest BCUT2D eigenvalue weighted by molar-refractivity contribution is 5.84. The Morgan fingerprint density at radius 2 is 1.33 bits per heavy atom. The monoisotopic (exact) mass is 352 g/mol. The van der Waals surface area contributed by atoms with Crippen LogP contribution in [0.1, 0.15) is 26.3 Å². The largest absolute Gasteiger partial charge is 0.264 e. The maximum atomic E-state index is 4.28. The minimum Gasteiger partial charge on any atom is -0.264 e. The van der Waals surface area contributed by atoms with Gasteiger partial charge in [0, 0.05) is 35.9 Å². The van der Waals surface area contributed by atoms with E-state index in [1.54, 1.807) is 12.4 Å². The summed E-state index contributed by atoms with van der Waals surface area (Å²) in [5, 5.41) is 0. The highest BCUT2D eigenvalue weighted by Crippen LogP contribution is 2.31. The Morgan fingerprint density at radius 1 is 0.778 bits per heavy atom. The van der Waals surface area contributed by atoms with Crippen molar-refractivity contribution in [2.24, 2.45) is 0 Å². The molecule has 27 heavy (non-hydrogen) atoms. The lowest BCUT2D eigenvalue weighted by atomic mass is 9.93. The predicted octanol–water partition coefficient (Wildman–Crippen LogP) is 6.74. The molecule has 0 spiro atoms. The Bertz CT molecular complexity index is 935. The van der Waals surface area contributed by atoms with Crippen molar-refractivity contribution in [1.29, 1.82) is 0 Å². The summed E-state index contributed by atoms with van der Waals surface area (Å²) in [4.78, 5) is 8.56. The van der Waals surface area contributed by atoms with E-state index in [1.165, 1.54) is 5.57 Å². The minimum absolute atomic E-state index is 1.03. The van der Waals surface area contributed by atoms with Crippen LogP contribution < -0.4 is 0 Å². The summed E-state index contributed by atoms with van der Waals surface area (Å²) in [7, 11) is 0. The Morgan fingerprint density at radius 3 is 1.74 bits per heavy atom. The summed E-state index contributed by atoms with van der Waals surface area (Å²) in [6.45, 7) is 10.3. The SMILES string of the molecule is C=C(C)/C=C(\C=C(C)C)c1cc(-c2cccnc2)cc(-c2cccnc2)c1. The van der Waals surface area contributed by atoms with Crippen LogP contribution in [-0.4, -0.2) is 9.97 Å². The van der Waals surface area contributed by atoms with Crippen molar-refractivity contribution in [2.45, 2.75) is 20.8 Å². The van der Waals surface area contributed by atoms with Gasteiger partial charge in [0.15, 0.2) is 0 Å². The third kappa shape index (κ3) is 4.89. The number of benzene rings is 1. The van der Waals surface area contributed by atoms with Crippen LogP contribution in [0, 0.1) is 0 Å². The Hall–Kier alpha value is -3.26. The van der Waals surface area contributed by atoms with Crippen molar-refractivity contribution in [1.82, 2.24) is 9.97 Å². The number of nitrogens with zero attached hydrogens (tertiary/aromatic N) is 2. The molecule has 0 aliphatic heterocycles. The van der Waals surface area contributed by atoms with Gasteiger partial charge in [0.1, 0.15) is 0 Å². The van der Waals surface area contributed by atoms with E-state index >= 15 is 0 Å². The van der Waals surface area contributed by atoms with Crippen LogP contribution in [0.15, 0.2) is 97.1 Å². The third-order valence-electron chi connectivity index (χ3n) is 4.10. The van der Waals surface area contributed by atoms with E-state index in [0.29, 0.717) is 0 Å². The topological polar surface area (TPSA) is 25.8 Å². The normalized spacial score (nSPS) is 11.1. The first-order chi connectivity index (χ1) is 13.0. The van der Waals surface area contributed by atoms with Crippen molar-refractivity contribution < 1.29 is 0 Å². The van der Waals surface area contributed by atoms with Crippen LogP contribution in [-0.2, 0) is 0 Å². The van der Waals surface area contributed by atoms with E-state index in [4.69, 9.17) is 0 Å². The van der Waals surface area contributed by atoms with E-state index in [1.807, 2.05) is 31.5 Å². The highest BCUT2D eigenvalue weighted by atomic mass is 14.6. The molecular formula is C25H24N2. The van der Waals surface area contributed by atoms with Crippen molar-refractivity contribution in [2.75, 3.05) is 0 Å². The second kappa shape index (κ2) is 8.41. The summed E-state index contributed by atoms with van der Waals surface area (Å²) in [5.74, 6) is 0. The van der Waals surface area contributed by atoms with Gasteiger partial charge in [-0.05, 0) is 73.4 Å². The molecule has 2 heteroatoms. The van der Waals surface area contributed by atoms with Crippen molar-refractivity contribution >= 4 is 5.57 Å². The van der Waals surface area contributed by atoms with Gasteiger partial charge in [-0.1, -0.05) is 42.0 Å². The van der Waals surface area contributed by atoms with Gasteiger partial charge in [-0.15, -0.1) is 0 Å². The van der Waals surface area contributed by atoms with E-state index in [-0.39, 0.29) is 0 Å². The van der Waals surface area contributed by atoms with Gasteiger partial charge in [-0.25, -0.2) is 0 Å². The first kappa shape index (κ1) is 18.5. The zero-order chi connectivity index (χ0) is 19.2. The minimum atomic E-state index is 1.03. The summed E-state index contributed by atoms with van der Waals surface area (Å²) < 4.78 is 0. The van der Waals surface area contributed by atoms with Gasteiger partial charge in [0.05, 0.1) is 0 Å². The molecule has 0 bridgehead atoms. The number of pyridine rings is 2. The lowest BCUT2D eigenvalue weighted by molar-refractivity contribution is 1.32. The molecule has 0 saturated heterocycles. The molecule has 0 amide bonds. The first-order valence-electron chi connectivity index (χ1n) is 9.01. The lowest BCUT2D eigenvalue weighted by Gasteiger charge is -2.12. The molecule has 0 atom stereocenters. The molecule has 0 radical (unpaired) electrons. The van der Waals surface area contributed by atoms with E-state index < -0.39 is 0 Å². The fourth-order valence-electron chi connectivity index (χ4n) is 2.98. The van der Waals surface area contributed by atoms with Crippen molar-refractivity contribution in [3.63, 3.8) is 0 Å². The quantitative estimate of drug-likeness (QED) is 0.475. The van der Waals surface area contributed by atoms with E-state index in [0.717, 1.165) is 39.0 Å². The molecule has 134 valence electrons. The van der Waals surface area contributed by atoms with Crippen LogP contribution in [0.25, 0.3) is 27.8 Å². The molecule has 0 aliphatic rings. The second-order valence-corrected chi connectivity index (χ2v) is 6.95. The number of hydrogen-bond donors (Lipinski definition) is 0. The molecule has 0 N–H and O–H groups in total. The van der Waals surface area contributed by atoms with Crippen LogP contribution in [0.5, 0.6) is 0 Å². The maximum Gasteiger partial charge on any atom is 0.0346 e. The summed E-state index contributed by atoms with van der Waals surface area (Å²) >= 11 is 0. The maximum absolute atomic E-state index is 4.28. The Labute approximate surface area is 161 Å². The van der Waals surface area contributed by atoms with E-state index in [2.05, 4.69) is 72.9 Å². The molecule has 1 aromatic carbocycles. The smallest absolute Gasteiger partial charge is 0.0346 e. The standard InChI is InChI=1S/C25H24N2/c1-18(2)11-22(12-19(3)4)25-14-23(20-7-5-9-26-16-20)13-24(15-25)21-8-6-10-27-17-21/h5-17H,1H2,2-4H3/b22-11+. The molecule has 0 unspecified atom stereocenters. The van der Waals surface area contributed by atoms with Crippen LogP contribution in [0.3, 0.4) is 0 Å². The number of rotatable bonds is 5.